The lowest BCUT2D eigenvalue weighted by Crippen LogP contribution is -2.54. The maximum absolute atomic E-state index is 12.7. The molecule has 1 N–H and O–H groups in total. The number of alkyl halides is 3. The molecule has 2 aliphatic rings. The maximum atomic E-state index is 12.7. The van der Waals surface area contributed by atoms with Gasteiger partial charge in [0.15, 0.2) is 0 Å². The summed E-state index contributed by atoms with van der Waals surface area (Å²) in [5.41, 5.74) is 0.784. The van der Waals surface area contributed by atoms with Crippen molar-refractivity contribution in [2.45, 2.75) is 43.1 Å². The Kier molecular flexibility index (Phi) is 5.33. The van der Waals surface area contributed by atoms with E-state index in [1.807, 2.05) is 18.2 Å². The third-order valence-corrected chi connectivity index (χ3v) is 6.51. The second-order valence-electron chi connectivity index (χ2n) is 8.49. The fourth-order valence-corrected chi connectivity index (χ4v) is 4.79. The molecule has 31 heavy (non-hydrogen) atoms. The zero-order valence-electron chi connectivity index (χ0n) is 17.4. The van der Waals surface area contributed by atoms with Crippen molar-refractivity contribution in [1.82, 2.24) is 15.2 Å². The van der Waals surface area contributed by atoms with Gasteiger partial charge in [-0.3, -0.25) is 9.80 Å². The number of anilines is 1. The third-order valence-electron chi connectivity index (χ3n) is 6.51. The Bertz CT molecular complexity index is 924. The van der Waals surface area contributed by atoms with Crippen LogP contribution in [-0.4, -0.2) is 48.5 Å². The van der Waals surface area contributed by atoms with Crippen LogP contribution in [0.25, 0.3) is 0 Å². The van der Waals surface area contributed by atoms with Gasteiger partial charge in [0, 0.05) is 5.54 Å². The molecule has 1 spiro atoms. The molecule has 1 aliphatic carbocycles. The van der Waals surface area contributed by atoms with Crippen LogP contribution in [0.1, 0.15) is 31.2 Å². The molecule has 2 aromatic rings. The lowest BCUT2D eigenvalue weighted by atomic mass is 9.69. The highest BCUT2D eigenvalue weighted by Gasteiger charge is 2.50. The zero-order chi connectivity index (χ0) is 22.3. The first-order chi connectivity index (χ1) is 14.6. The minimum Gasteiger partial charge on any atom is -0.404 e. The van der Waals surface area contributed by atoms with Crippen LogP contribution < -0.4 is 15.0 Å². The number of carbonyl (C=O) groups excluding carboxylic acids is 1. The highest BCUT2D eigenvalue weighted by atomic mass is 19.4. The van der Waals surface area contributed by atoms with E-state index in [9.17, 15) is 18.0 Å². The predicted octanol–water partition coefficient (Wildman–Crippen LogP) is 4.28. The molecular weight excluding hydrogens is 409 g/mol. The largest absolute Gasteiger partial charge is 0.573 e. The topological polar surface area (TPSA) is 57.7 Å². The molecule has 6 nitrogen and oxygen atoms in total. The summed E-state index contributed by atoms with van der Waals surface area (Å²) in [4.78, 5) is 20.4. The summed E-state index contributed by atoms with van der Waals surface area (Å²) in [5.74, 6) is -0.113. The summed E-state index contributed by atoms with van der Waals surface area (Å²) < 4.78 is 40.9. The Morgan fingerprint density at radius 1 is 1.06 bits per heavy atom. The van der Waals surface area contributed by atoms with Gasteiger partial charge in [-0.25, -0.2) is 9.78 Å². The fraction of sp³-hybridized carbons (Fsp3) is 0.455. The molecule has 0 unspecified atom stereocenters. The number of carbonyl (C=O) groups is 1. The summed E-state index contributed by atoms with van der Waals surface area (Å²) >= 11 is 0. The van der Waals surface area contributed by atoms with Crippen LogP contribution in [0.15, 0.2) is 48.7 Å². The second-order valence-corrected chi connectivity index (χ2v) is 8.49. The lowest BCUT2D eigenvalue weighted by Gasteiger charge is -2.48. The Hall–Kier alpha value is -2.81. The molecule has 1 aromatic heterocycles. The number of aromatic nitrogens is 1. The van der Waals surface area contributed by atoms with E-state index in [1.165, 1.54) is 22.6 Å². The smallest absolute Gasteiger partial charge is 0.404 e. The third kappa shape index (κ3) is 4.19. The van der Waals surface area contributed by atoms with Crippen LogP contribution in [0.2, 0.25) is 0 Å². The van der Waals surface area contributed by atoms with Crippen molar-refractivity contribution in [2.24, 2.45) is 0 Å². The number of rotatable bonds is 4. The van der Waals surface area contributed by atoms with Gasteiger partial charge in [-0.1, -0.05) is 30.3 Å². The molecule has 0 bridgehead atoms. The number of ether oxygens (including phenoxy) is 1. The number of nitrogens with zero attached hydrogens (tertiary/aromatic N) is 3. The van der Waals surface area contributed by atoms with Crippen molar-refractivity contribution in [1.29, 1.82) is 0 Å². The van der Waals surface area contributed by atoms with Crippen LogP contribution in [0, 0.1) is 0 Å². The Balaban J connectivity index is 1.48. The highest BCUT2D eigenvalue weighted by molar-refractivity contribution is 5.94. The van der Waals surface area contributed by atoms with Gasteiger partial charge in [0.1, 0.15) is 11.6 Å². The van der Waals surface area contributed by atoms with Gasteiger partial charge < -0.3 is 10.1 Å². The van der Waals surface area contributed by atoms with Gasteiger partial charge in [0.25, 0.3) is 0 Å². The van der Waals surface area contributed by atoms with Gasteiger partial charge in [-0.15, -0.1) is 13.2 Å². The van der Waals surface area contributed by atoms with Crippen LogP contribution in [0.3, 0.4) is 0 Å². The van der Waals surface area contributed by atoms with Crippen molar-refractivity contribution in [2.75, 3.05) is 25.5 Å². The van der Waals surface area contributed by atoms with E-state index in [0.717, 1.165) is 31.9 Å². The average Bonchev–Trinajstić information content (AvgIpc) is 3.04. The summed E-state index contributed by atoms with van der Waals surface area (Å²) in [5, 5.41) is 3.12. The van der Waals surface area contributed by atoms with E-state index < -0.39 is 12.1 Å². The van der Waals surface area contributed by atoms with Crippen molar-refractivity contribution < 1.29 is 22.7 Å². The first kappa shape index (κ1) is 21.4. The van der Waals surface area contributed by atoms with Crippen LogP contribution >= 0.6 is 0 Å². The molecule has 0 atom stereocenters. The van der Waals surface area contributed by atoms with Crippen LogP contribution in [0.4, 0.5) is 23.8 Å². The standard InChI is InChI=1S/C22H25F3N4O2/c1-28(2)21(16-6-4-3-5-7-16)12-10-20(11-13-21)15-29(19(30)27-20)18-9-8-17(14-26-18)31-22(23,24)25/h3-9,14H,10-13,15H2,1-2H3,(H,27,30)/t20-,21-. The molecule has 2 fully saturated rings. The lowest BCUT2D eigenvalue weighted by molar-refractivity contribution is -0.274. The van der Waals surface area contributed by atoms with Crippen LogP contribution in [0.5, 0.6) is 5.75 Å². The number of benzene rings is 1. The van der Waals surface area contributed by atoms with Crippen molar-refractivity contribution >= 4 is 11.8 Å². The van der Waals surface area contributed by atoms with E-state index in [1.54, 1.807) is 0 Å². The number of halogens is 3. The molecule has 1 aromatic carbocycles. The summed E-state index contributed by atoms with van der Waals surface area (Å²) in [7, 11) is 4.16. The molecule has 4 rings (SSSR count). The first-order valence-corrected chi connectivity index (χ1v) is 10.2. The normalized spacial score (nSPS) is 26.4. The molecule has 2 heterocycles. The highest BCUT2D eigenvalue weighted by Crippen LogP contribution is 2.46. The monoisotopic (exact) mass is 434 g/mol. The van der Waals surface area contributed by atoms with Gasteiger partial charge in [0.2, 0.25) is 0 Å². The Morgan fingerprint density at radius 2 is 1.74 bits per heavy atom. The summed E-state index contributed by atoms with van der Waals surface area (Å²) in [6.07, 6.45) is -0.463. The quantitative estimate of drug-likeness (QED) is 0.781. The maximum Gasteiger partial charge on any atom is 0.573 e. The minimum absolute atomic E-state index is 0.0977. The van der Waals surface area contributed by atoms with E-state index in [2.05, 4.69) is 46.2 Å². The Labute approximate surface area is 179 Å². The van der Waals surface area contributed by atoms with E-state index >= 15 is 0 Å². The molecule has 9 heteroatoms. The molecule has 1 aliphatic heterocycles. The minimum atomic E-state index is -4.78. The number of urea groups is 1. The predicted molar refractivity (Wildman–Crippen MR) is 110 cm³/mol. The number of hydrogen-bond donors (Lipinski definition) is 1. The SMILES string of the molecule is CN(C)[C@]1(c2ccccc2)CC[C@@]2(CC1)CN(c1ccc(OC(F)(F)F)cn1)C(=O)N2. The molecule has 1 saturated carbocycles. The molecule has 2 amide bonds. The fourth-order valence-electron chi connectivity index (χ4n) is 4.79. The van der Waals surface area contributed by atoms with Crippen molar-refractivity contribution in [3.05, 3.63) is 54.2 Å². The molecular formula is C22H25F3N4O2. The van der Waals surface area contributed by atoms with Gasteiger partial charge >= 0.3 is 12.4 Å². The number of pyridine rings is 1. The number of nitrogens with one attached hydrogen (secondary N) is 1. The molecule has 0 radical (unpaired) electrons. The van der Waals surface area contributed by atoms with E-state index in [0.29, 0.717) is 12.4 Å². The zero-order valence-corrected chi connectivity index (χ0v) is 17.4. The first-order valence-electron chi connectivity index (χ1n) is 10.2. The van der Waals surface area contributed by atoms with E-state index in [-0.39, 0.29) is 17.1 Å². The van der Waals surface area contributed by atoms with Gasteiger partial charge in [-0.2, -0.15) is 0 Å². The van der Waals surface area contributed by atoms with Crippen molar-refractivity contribution in [3.63, 3.8) is 0 Å². The second kappa shape index (κ2) is 7.71. The Morgan fingerprint density at radius 3 is 2.29 bits per heavy atom. The summed E-state index contributed by atoms with van der Waals surface area (Å²) in [6.45, 7) is 0.427. The number of amides is 2. The van der Waals surface area contributed by atoms with Gasteiger partial charge in [-0.05, 0) is 57.5 Å². The van der Waals surface area contributed by atoms with Gasteiger partial charge in [0.05, 0.1) is 18.3 Å². The number of hydrogen-bond acceptors (Lipinski definition) is 4. The van der Waals surface area contributed by atoms with Crippen LogP contribution in [-0.2, 0) is 5.54 Å². The average molecular weight is 434 g/mol. The van der Waals surface area contributed by atoms with Crippen molar-refractivity contribution in [3.8, 4) is 5.75 Å². The van der Waals surface area contributed by atoms with E-state index in [4.69, 9.17) is 0 Å². The molecule has 1 saturated heterocycles. The molecule has 166 valence electrons. The summed E-state index contributed by atoms with van der Waals surface area (Å²) in [6, 6.07) is 12.6.